The third kappa shape index (κ3) is 2.11. The Balaban J connectivity index is 3.28. The number of hydrogen-bond acceptors (Lipinski definition) is 0. The molecule has 0 amide bonds. The smallest absolute Gasteiger partial charge is 0.205 e. The van der Waals surface area contributed by atoms with Crippen LogP contribution in [0.5, 0.6) is 0 Å². The van der Waals surface area contributed by atoms with Gasteiger partial charge in [-0.05, 0) is 23.5 Å². The molecule has 0 nitrogen and oxygen atoms in total. The van der Waals surface area contributed by atoms with E-state index in [0.29, 0.717) is 0 Å². The highest BCUT2D eigenvalue weighted by Crippen LogP contribution is 2.31. The Morgan fingerprint density at radius 2 is 1.71 bits per heavy atom. The van der Waals surface area contributed by atoms with Crippen molar-refractivity contribution in [2.45, 2.75) is 39.5 Å². The van der Waals surface area contributed by atoms with Crippen molar-refractivity contribution in [1.29, 1.82) is 0 Å². The van der Waals surface area contributed by atoms with Crippen LogP contribution >= 0.6 is 0 Å². The van der Waals surface area contributed by atoms with Gasteiger partial charge in [-0.2, -0.15) is 0 Å². The molecule has 1 rings (SSSR count). The molecular weight excluding hydrogens is 182 g/mol. The number of benzene rings is 1. The number of halogens is 2. The van der Waals surface area contributed by atoms with Crippen molar-refractivity contribution in [2.75, 3.05) is 0 Å². The van der Waals surface area contributed by atoms with Gasteiger partial charge in [0, 0.05) is 5.56 Å². The van der Waals surface area contributed by atoms with Crippen LogP contribution in [0.25, 0.3) is 0 Å². The average Bonchev–Trinajstić information content (AvgIpc) is 2.01. The molecule has 0 saturated carbocycles. The topological polar surface area (TPSA) is 0 Å². The first-order valence-electron chi connectivity index (χ1n) is 4.72. The van der Waals surface area contributed by atoms with E-state index in [2.05, 4.69) is 0 Å². The first-order chi connectivity index (χ1) is 6.34. The summed E-state index contributed by atoms with van der Waals surface area (Å²) in [6.07, 6.45) is -2.38. The number of rotatable bonds is 1. The molecule has 0 bridgehead atoms. The van der Waals surface area contributed by atoms with Crippen molar-refractivity contribution in [3.8, 4) is 0 Å². The summed E-state index contributed by atoms with van der Waals surface area (Å²) < 4.78 is 25.2. The molecule has 0 atom stereocenters. The Kier molecular flexibility index (Phi) is 2.93. The van der Waals surface area contributed by atoms with E-state index in [1.165, 1.54) is 6.07 Å². The second-order valence-electron chi connectivity index (χ2n) is 4.57. The summed E-state index contributed by atoms with van der Waals surface area (Å²) in [6, 6.07) is 5.12. The summed E-state index contributed by atoms with van der Waals surface area (Å²) in [6.45, 7) is 7.86. The predicted molar refractivity (Wildman–Crippen MR) is 54.8 cm³/mol. The molecule has 0 heterocycles. The molecule has 0 unspecified atom stereocenters. The van der Waals surface area contributed by atoms with Crippen molar-refractivity contribution >= 4 is 0 Å². The fraction of sp³-hybridized carbons (Fsp3) is 0.500. The van der Waals surface area contributed by atoms with Gasteiger partial charge in [0.1, 0.15) is 0 Å². The average molecular weight is 198 g/mol. The van der Waals surface area contributed by atoms with Crippen molar-refractivity contribution in [1.82, 2.24) is 0 Å². The minimum absolute atomic E-state index is 0.0744. The third-order valence-corrected chi connectivity index (χ3v) is 2.42. The molecule has 0 aliphatic heterocycles. The molecule has 1 aromatic rings. The lowest BCUT2D eigenvalue weighted by atomic mass is 9.83. The highest BCUT2D eigenvalue weighted by atomic mass is 19.3. The zero-order valence-corrected chi connectivity index (χ0v) is 9.07. The van der Waals surface area contributed by atoms with E-state index in [4.69, 9.17) is 0 Å². The number of hydrogen-bond donors (Lipinski definition) is 0. The van der Waals surface area contributed by atoms with E-state index < -0.39 is 6.43 Å². The Bertz CT molecular complexity index is 322. The SMILES string of the molecule is Cc1c(C(F)F)cccc1C(C)(C)C. The minimum Gasteiger partial charge on any atom is -0.205 e. The van der Waals surface area contributed by atoms with Gasteiger partial charge in [0.2, 0.25) is 0 Å². The van der Waals surface area contributed by atoms with Crippen LogP contribution in [0.1, 0.15) is 43.9 Å². The maximum absolute atomic E-state index is 12.6. The number of alkyl halides is 2. The Hall–Kier alpha value is -0.920. The molecule has 0 spiro atoms. The van der Waals surface area contributed by atoms with Gasteiger partial charge in [-0.25, -0.2) is 8.78 Å². The molecule has 0 saturated heterocycles. The fourth-order valence-corrected chi connectivity index (χ4v) is 1.70. The molecular formula is C12H16F2. The van der Waals surface area contributed by atoms with Crippen LogP contribution < -0.4 is 0 Å². The minimum atomic E-state index is -2.38. The van der Waals surface area contributed by atoms with Gasteiger partial charge in [0.25, 0.3) is 6.43 Å². The zero-order chi connectivity index (χ0) is 10.9. The van der Waals surface area contributed by atoms with Crippen molar-refractivity contribution in [3.05, 3.63) is 34.9 Å². The van der Waals surface area contributed by atoms with Gasteiger partial charge >= 0.3 is 0 Å². The summed E-state index contributed by atoms with van der Waals surface area (Å²) in [4.78, 5) is 0. The van der Waals surface area contributed by atoms with E-state index in [9.17, 15) is 8.78 Å². The van der Waals surface area contributed by atoms with E-state index in [1.807, 2.05) is 26.8 Å². The summed E-state index contributed by atoms with van der Waals surface area (Å²) in [7, 11) is 0. The molecule has 0 fully saturated rings. The fourth-order valence-electron chi connectivity index (χ4n) is 1.70. The van der Waals surface area contributed by atoms with Gasteiger partial charge < -0.3 is 0 Å². The molecule has 14 heavy (non-hydrogen) atoms. The van der Waals surface area contributed by atoms with Gasteiger partial charge in [0.05, 0.1) is 0 Å². The normalized spacial score (nSPS) is 12.2. The van der Waals surface area contributed by atoms with Crippen molar-refractivity contribution < 1.29 is 8.78 Å². The zero-order valence-electron chi connectivity index (χ0n) is 9.07. The van der Waals surface area contributed by atoms with Gasteiger partial charge in [-0.3, -0.25) is 0 Å². The molecule has 0 N–H and O–H groups in total. The largest absolute Gasteiger partial charge is 0.264 e. The molecule has 78 valence electrons. The lowest BCUT2D eigenvalue weighted by Crippen LogP contribution is -2.14. The van der Waals surface area contributed by atoms with E-state index in [-0.39, 0.29) is 11.0 Å². The van der Waals surface area contributed by atoms with Gasteiger partial charge in [-0.15, -0.1) is 0 Å². The Labute approximate surface area is 84.0 Å². The van der Waals surface area contributed by atoms with Crippen LogP contribution in [0.2, 0.25) is 0 Å². The maximum atomic E-state index is 12.6. The monoisotopic (exact) mass is 198 g/mol. The molecule has 0 aliphatic carbocycles. The van der Waals surface area contributed by atoms with E-state index >= 15 is 0 Å². The second kappa shape index (κ2) is 3.68. The van der Waals surface area contributed by atoms with E-state index in [1.54, 1.807) is 13.0 Å². The Morgan fingerprint density at radius 1 is 1.14 bits per heavy atom. The van der Waals surface area contributed by atoms with Crippen LogP contribution in [0, 0.1) is 6.92 Å². The van der Waals surface area contributed by atoms with Crippen molar-refractivity contribution in [2.24, 2.45) is 0 Å². The summed E-state index contributed by atoms with van der Waals surface area (Å²) in [5.41, 5.74) is 1.79. The lowest BCUT2D eigenvalue weighted by molar-refractivity contribution is 0.150. The molecule has 2 heteroatoms. The highest BCUT2D eigenvalue weighted by molar-refractivity contribution is 5.38. The van der Waals surface area contributed by atoms with Gasteiger partial charge in [-0.1, -0.05) is 39.0 Å². The van der Waals surface area contributed by atoms with Crippen LogP contribution in [-0.2, 0) is 5.41 Å². The lowest BCUT2D eigenvalue weighted by Gasteiger charge is -2.23. The van der Waals surface area contributed by atoms with Crippen molar-refractivity contribution in [3.63, 3.8) is 0 Å². The standard InChI is InChI=1S/C12H16F2/c1-8-9(11(13)14)6-5-7-10(8)12(2,3)4/h5-7,11H,1-4H3. The van der Waals surface area contributed by atoms with E-state index in [0.717, 1.165) is 11.1 Å². The first kappa shape index (κ1) is 11.2. The summed E-state index contributed by atoms with van der Waals surface area (Å²) in [5, 5.41) is 0. The molecule has 0 aliphatic rings. The summed E-state index contributed by atoms with van der Waals surface area (Å²) in [5.74, 6) is 0. The van der Waals surface area contributed by atoms with Crippen LogP contribution in [-0.4, -0.2) is 0 Å². The quantitative estimate of drug-likeness (QED) is 0.633. The molecule has 1 aromatic carbocycles. The molecule has 0 aromatic heterocycles. The highest BCUT2D eigenvalue weighted by Gasteiger charge is 2.20. The van der Waals surface area contributed by atoms with Gasteiger partial charge in [0.15, 0.2) is 0 Å². The summed E-state index contributed by atoms with van der Waals surface area (Å²) >= 11 is 0. The maximum Gasteiger partial charge on any atom is 0.264 e. The first-order valence-corrected chi connectivity index (χ1v) is 4.72. The molecule has 0 radical (unpaired) electrons. The van der Waals surface area contributed by atoms with Crippen LogP contribution in [0.4, 0.5) is 8.78 Å². The van der Waals surface area contributed by atoms with Crippen LogP contribution in [0.15, 0.2) is 18.2 Å². The third-order valence-electron chi connectivity index (χ3n) is 2.42. The van der Waals surface area contributed by atoms with Crippen LogP contribution in [0.3, 0.4) is 0 Å². The predicted octanol–water partition coefficient (Wildman–Crippen LogP) is 4.23. The Morgan fingerprint density at radius 3 is 2.14 bits per heavy atom. The second-order valence-corrected chi connectivity index (χ2v) is 4.57.